The second-order valence-corrected chi connectivity index (χ2v) is 7.26. The molecule has 0 radical (unpaired) electrons. The molecule has 7 nitrogen and oxygen atoms in total. The summed E-state index contributed by atoms with van der Waals surface area (Å²) in [5, 5.41) is 10.7. The quantitative estimate of drug-likeness (QED) is 0.416. The molecule has 29 heavy (non-hydrogen) atoms. The Morgan fingerprint density at radius 1 is 1.31 bits per heavy atom. The number of halogens is 1. The van der Waals surface area contributed by atoms with E-state index in [1.54, 1.807) is 6.07 Å². The topological polar surface area (TPSA) is 100 Å². The van der Waals surface area contributed by atoms with Gasteiger partial charge in [0.15, 0.2) is 0 Å². The van der Waals surface area contributed by atoms with Gasteiger partial charge in [-0.1, -0.05) is 25.5 Å². The molecular formula is C21H29FN6O. The summed E-state index contributed by atoms with van der Waals surface area (Å²) in [4.78, 5) is 10.7. The minimum absolute atomic E-state index is 0.177. The average Bonchev–Trinajstić information content (AvgIpc) is 3.21. The fourth-order valence-corrected chi connectivity index (χ4v) is 3.31. The Morgan fingerprint density at radius 3 is 2.79 bits per heavy atom. The van der Waals surface area contributed by atoms with Crippen LogP contribution < -0.4 is 15.8 Å². The van der Waals surface area contributed by atoms with Crippen LogP contribution in [0, 0.1) is 11.2 Å². The van der Waals surface area contributed by atoms with Crippen molar-refractivity contribution in [2.45, 2.75) is 45.7 Å². The Hall–Kier alpha value is -2.74. The van der Waals surface area contributed by atoms with Gasteiger partial charge < -0.3 is 21.2 Å². The van der Waals surface area contributed by atoms with E-state index in [2.05, 4.69) is 27.1 Å². The summed E-state index contributed by atoms with van der Waals surface area (Å²) in [6.07, 6.45) is 5.36. The molecule has 1 aliphatic heterocycles. The summed E-state index contributed by atoms with van der Waals surface area (Å²) in [7, 11) is 0. The number of nitrogens with two attached hydrogens (primary N) is 1. The number of hydrogen-bond donors (Lipinski definition) is 3. The van der Waals surface area contributed by atoms with Crippen LogP contribution in [0.3, 0.4) is 0 Å². The van der Waals surface area contributed by atoms with E-state index in [-0.39, 0.29) is 17.6 Å². The standard InChI is InChI=1S/C21H29FN6O/c1-2-3-10-29-21-26-19(24)17(12-23)20(27-21)25-13-15-6-7-16(18(22)11-15)14-28-8-4-5-9-28/h6-7,11-12,23H,2-5,8-10,13-14H2,1H3,(H3,24,25,26,27). The largest absolute Gasteiger partial charge is 0.463 e. The number of unbranched alkanes of at least 4 members (excludes halogenated alkanes) is 1. The van der Waals surface area contributed by atoms with Crippen molar-refractivity contribution in [2.24, 2.45) is 0 Å². The number of hydrogen-bond acceptors (Lipinski definition) is 7. The van der Waals surface area contributed by atoms with Crippen molar-refractivity contribution in [3.8, 4) is 6.01 Å². The van der Waals surface area contributed by atoms with Crippen LogP contribution in [0.15, 0.2) is 18.2 Å². The number of aromatic nitrogens is 2. The van der Waals surface area contributed by atoms with E-state index in [0.717, 1.165) is 37.7 Å². The van der Waals surface area contributed by atoms with Gasteiger partial charge in [0.25, 0.3) is 0 Å². The molecule has 1 aliphatic rings. The van der Waals surface area contributed by atoms with E-state index in [9.17, 15) is 4.39 Å². The van der Waals surface area contributed by atoms with Crippen molar-refractivity contribution < 1.29 is 9.13 Å². The normalized spacial score (nSPS) is 14.1. The van der Waals surface area contributed by atoms with Gasteiger partial charge in [0.2, 0.25) is 0 Å². The third-order valence-electron chi connectivity index (χ3n) is 5.00. The number of nitrogens with zero attached hydrogens (tertiary/aromatic N) is 3. The van der Waals surface area contributed by atoms with Crippen molar-refractivity contribution in [3.63, 3.8) is 0 Å². The molecule has 156 valence electrons. The zero-order valence-corrected chi connectivity index (χ0v) is 16.9. The second kappa shape index (κ2) is 10.2. The Kier molecular flexibility index (Phi) is 7.35. The van der Waals surface area contributed by atoms with Crippen LogP contribution in [0.25, 0.3) is 0 Å². The van der Waals surface area contributed by atoms with Gasteiger partial charge in [-0.05, 0) is 44.0 Å². The fraction of sp³-hybridized carbons (Fsp3) is 0.476. The van der Waals surface area contributed by atoms with Gasteiger partial charge in [-0.15, -0.1) is 0 Å². The van der Waals surface area contributed by atoms with Gasteiger partial charge in [-0.3, -0.25) is 4.90 Å². The zero-order chi connectivity index (χ0) is 20.6. The summed E-state index contributed by atoms with van der Waals surface area (Å²) >= 11 is 0. The lowest BCUT2D eigenvalue weighted by Gasteiger charge is -2.16. The zero-order valence-electron chi connectivity index (χ0n) is 16.9. The number of nitrogen functional groups attached to an aromatic ring is 1. The molecule has 1 aromatic carbocycles. The summed E-state index contributed by atoms with van der Waals surface area (Å²) in [5.74, 6) is 0.381. The van der Waals surface area contributed by atoms with Crippen LogP contribution in [-0.2, 0) is 13.1 Å². The van der Waals surface area contributed by atoms with Gasteiger partial charge in [-0.25, -0.2) is 4.39 Å². The number of ether oxygens (including phenoxy) is 1. The molecule has 0 amide bonds. The molecule has 0 saturated carbocycles. The Labute approximate surface area is 171 Å². The fourth-order valence-electron chi connectivity index (χ4n) is 3.31. The van der Waals surface area contributed by atoms with Crippen LogP contribution in [0.1, 0.15) is 49.3 Å². The molecule has 3 rings (SSSR count). The van der Waals surface area contributed by atoms with Gasteiger partial charge in [-0.2, -0.15) is 9.97 Å². The van der Waals surface area contributed by atoms with Crippen LogP contribution in [-0.4, -0.2) is 40.8 Å². The van der Waals surface area contributed by atoms with Crippen molar-refractivity contribution in [1.29, 1.82) is 5.41 Å². The van der Waals surface area contributed by atoms with Gasteiger partial charge >= 0.3 is 6.01 Å². The van der Waals surface area contributed by atoms with E-state index < -0.39 is 0 Å². The predicted molar refractivity (Wildman–Crippen MR) is 113 cm³/mol. The predicted octanol–water partition coefficient (Wildman–Crippen LogP) is 3.58. The van der Waals surface area contributed by atoms with E-state index >= 15 is 0 Å². The Balaban J connectivity index is 1.67. The summed E-state index contributed by atoms with van der Waals surface area (Å²) in [5.41, 5.74) is 7.83. The molecule has 0 unspecified atom stereocenters. The lowest BCUT2D eigenvalue weighted by Crippen LogP contribution is -2.19. The van der Waals surface area contributed by atoms with Gasteiger partial charge in [0.1, 0.15) is 17.5 Å². The molecule has 0 atom stereocenters. The summed E-state index contributed by atoms with van der Waals surface area (Å²) < 4.78 is 20.1. The first-order valence-electron chi connectivity index (χ1n) is 10.1. The molecule has 8 heteroatoms. The molecule has 1 fully saturated rings. The highest BCUT2D eigenvalue weighted by Crippen LogP contribution is 2.22. The molecule has 0 spiro atoms. The highest BCUT2D eigenvalue weighted by atomic mass is 19.1. The summed E-state index contributed by atoms with van der Waals surface area (Å²) in [6.45, 7) is 5.65. The average molecular weight is 401 g/mol. The number of likely N-dealkylation sites (tertiary alicyclic amines) is 1. The van der Waals surface area contributed by atoms with E-state index in [1.165, 1.54) is 12.8 Å². The highest BCUT2D eigenvalue weighted by Gasteiger charge is 2.15. The highest BCUT2D eigenvalue weighted by molar-refractivity contribution is 5.90. The summed E-state index contributed by atoms with van der Waals surface area (Å²) in [6, 6.07) is 5.48. The van der Waals surface area contributed by atoms with E-state index in [0.29, 0.717) is 36.6 Å². The maximum absolute atomic E-state index is 14.5. The lowest BCUT2D eigenvalue weighted by atomic mass is 10.1. The monoisotopic (exact) mass is 400 g/mol. The van der Waals surface area contributed by atoms with E-state index in [4.69, 9.17) is 15.9 Å². The molecule has 2 heterocycles. The minimum atomic E-state index is -0.200. The first-order chi connectivity index (χ1) is 14.1. The number of benzene rings is 1. The molecule has 1 saturated heterocycles. The Morgan fingerprint density at radius 2 is 2.10 bits per heavy atom. The van der Waals surface area contributed by atoms with Crippen molar-refractivity contribution in [1.82, 2.24) is 14.9 Å². The third kappa shape index (κ3) is 5.63. The maximum Gasteiger partial charge on any atom is 0.320 e. The van der Waals surface area contributed by atoms with Gasteiger partial charge in [0, 0.05) is 24.9 Å². The molecule has 2 aromatic rings. The van der Waals surface area contributed by atoms with Crippen LogP contribution in [0.2, 0.25) is 0 Å². The molecule has 1 aromatic heterocycles. The van der Waals surface area contributed by atoms with Crippen LogP contribution in [0.4, 0.5) is 16.0 Å². The first-order valence-corrected chi connectivity index (χ1v) is 10.1. The molecule has 0 aliphatic carbocycles. The van der Waals surface area contributed by atoms with Crippen molar-refractivity contribution >= 4 is 17.9 Å². The SMILES string of the molecule is CCCCOc1nc(N)c(C=N)c(NCc2ccc(CN3CCCC3)c(F)c2)n1. The number of nitrogens with one attached hydrogen (secondary N) is 2. The third-order valence-corrected chi connectivity index (χ3v) is 5.00. The molecular weight excluding hydrogens is 371 g/mol. The molecule has 4 N–H and O–H groups in total. The van der Waals surface area contributed by atoms with Gasteiger partial charge in [0.05, 0.1) is 12.2 Å². The van der Waals surface area contributed by atoms with Crippen molar-refractivity contribution in [2.75, 3.05) is 30.7 Å². The van der Waals surface area contributed by atoms with E-state index in [1.807, 2.05) is 12.1 Å². The van der Waals surface area contributed by atoms with Crippen LogP contribution >= 0.6 is 0 Å². The maximum atomic E-state index is 14.5. The smallest absolute Gasteiger partial charge is 0.320 e. The second-order valence-electron chi connectivity index (χ2n) is 7.26. The van der Waals surface area contributed by atoms with Crippen molar-refractivity contribution in [3.05, 3.63) is 40.7 Å². The number of rotatable bonds is 10. The number of anilines is 2. The lowest BCUT2D eigenvalue weighted by molar-refractivity contribution is 0.286. The van der Waals surface area contributed by atoms with Crippen LogP contribution in [0.5, 0.6) is 6.01 Å². The minimum Gasteiger partial charge on any atom is -0.463 e. The molecule has 0 bridgehead atoms. The Bertz CT molecular complexity index is 838. The first kappa shape index (κ1) is 21.0.